The molecule has 4 heteroatoms. The minimum absolute atomic E-state index is 0.386. The maximum atomic E-state index is 9.91. The largest absolute Gasteiger partial charge is 0.295 e. The summed E-state index contributed by atoms with van der Waals surface area (Å²) in [5, 5.41) is 2.43. The summed E-state index contributed by atoms with van der Waals surface area (Å²) in [6, 6.07) is 0. The summed E-state index contributed by atoms with van der Waals surface area (Å²) < 4.78 is 0. The lowest BCUT2D eigenvalue weighted by atomic mass is 10.8. The van der Waals surface area contributed by atoms with Gasteiger partial charge in [-0.15, -0.1) is 11.3 Å². The summed E-state index contributed by atoms with van der Waals surface area (Å²) in [4.78, 5) is 13.6. The number of hydrogen-bond acceptors (Lipinski definition) is 3. The van der Waals surface area contributed by atoms with Gasteiger partial charge in [0.15, 0.2) is 11.3 Å². The summed E-state index contributed by atoms with van der Waals surface area (Å²) in [6.45, 7) is 0. The first-order chi connectivity index (χ1) is 3.83. The molecule has 42 valence electrons. The molecule has 0 aliphatic rings. The van der Waals surface area contributed by atoms with E-state index in [1.54, 1.807) is 5.38 Å². The number of aromatic nitrogens is 1. The average molecular weight is 148 g/mol. The van der Waals surface area contributed by atoms with Crippen LogP contribution in [0.15, 0.2) is 5.38 Å². The minimum atomic E-state index is 0.386. The lowest BCUT2D eigenvalue weighted by molar-refractivity contribution is 0.112. The molecule has 0 aliphatic carbocycles. The van der Waals surface area contributed by atoms with E-state index in [4.69, 9.17) is 11.6 Å². The number of thiazole rings is 1. The molecule has 0 fully saturated rings. The van der Waals surface area contributed by atoms with E-state index in [2.05, 4.69) is 4.98 Å². The number of rotatable bonds is 1. The Kier molecular flexibility index (Phi) is 1.60. The van der Waals surface area contributed by atoms with Gasteiger partial charge in [-0.2, -0.15) is 0 Å². The second-order valence-corrected chi connectivity index (χ2v) is 2.40. The highest BCUT2D eigenvalue weighted by Crippen LogP contribution is 2.11. The zero-order chi connectivity index (χ0) is 5.98. The van der Waals surface area contributed by atoms with Gasteiger partial charge in [0.2, 0.25) is 0 Å². The van der Waals surface area contributed by atoms with Crippen LogP contribution in [0.2, 0.25) is 5.15 Å². The van der Waals surface area contributed by atoms with Crippen LogP contribution in [0.3, 0.4) is 0 Å². The number of nitrogens with zero attached hydrogens (tertiary/aromatic N) is 1. The second kappa shape index (κ2) is 2.24. The van der Waals surface area contributed by atoms with Gasteiger partial charge in [0.25, 0.3) is 0 Å². The zero-order valence-corrected chi connectivity index (χ0v) is 5.37. The van der Waals surface area contributed by atoms with Crippen LogP contribution in [0.5, 0.6) is 0 Å². The molecule has 0 amide bonds. The Hall–Kier alpha value is -0.410. The average Bonchev–Trinajstić information content (AvgIpc) is 2.14. The number of carbonyl (C=O) groups is 1. The Morgan fingerprint density at radius 2 is 2.62 bits per heavy atom. The Bertz CT molecular complexity index is 198. The van der Waals surface area contributed by atoms with Gasteiger partial charge in [-0.3, -0.25) is 4.79 Å². The standard InChI is InChI=1S/C4H2ClNOS/c5-3-2-8-4(1-7)6-3/h1-2H. The molecule has 0 saturated carbocycles. The molecule has 0 aliphatic heterocycles. The predicted molar refractivity (Wildman–Crippen MR) is 32.5 cm³/mol. The van der Waals surface area contributed by atoms with E-state index in [9.17, 15) is 4.79 Å². The van der Waals surface area contributed by atoms with Crippen LogP contribution in [0.1, 0.15) is 9.80 Å². The van der Waals surface area contributed by atoms with Gasteiger partial charge in [0.05, 0.1) is 0 Å². The maximum Gasteiger partial charge on any atom is 0.178 e. The quantitative estimate of drug-likeness (QED) is 0.565. The Morgan fingerprint density at radius 1 is 1.88 bits per heavy atom. The van der Waals surface area contributed by atoms with Crippen molar-refractivity contribution in [3.05, 3.63) is 15.5 Å². The first kappa shape index (κ1) is 5.72. The van der Waals surface area contributed by atoms with Gasteiger partial charge >= 0.3 is 0 Å². The van der Waals surface area contributed by atoms with Crippen molar-refractivity contribution in [1.29, 1.82) is 0 Å². The topological polar surface area (TPSA) is 30.0 Å². The fraction of sp³-hybridized carbons (Fsp3) is 0. The maximum absolute atomic E-state index is 9.91. The molecule has 1 aromatic rings. The Morgan fingerprint density at radius 3 is 2.88 bits per heavy atom. The lowest BCUT2D eigenvalue weighted by Gasteiger charge is -1.68. The highest BCUT2D eigenvalue weighted by Gasteiger charge is 1.93. The molecule has 0 saturated heterocycles. The van der Waals surface area contributed by atoms with Crippen LogP contribution in [-0.2, 0) is 0 Å². The minimum Gasteiger partial charge on any atom is -0.295 e. The van der Waals surface area contributed by atoms with Crippen LogP contribution < -0.4 is 0 Å². The second-order valence-electron chi connectivity index (χ2n) is 1.13. The smallest absolute Gasteiger partial charge is 0.178 e. The monoisotopic (exact) mass is 147 g/mol. The van der Waals surface area contributed by atoms with Crippen LogP contribution in [0.25, 0.3) is 0 Å². The first-order valence-electron chi connectivity index (χ1n) is 1.89. The molecule has 0 atom stereocenters. The predicted octanol–water partition coefficient (Wildman–Crippen LogP) is 1.61. The third-order valence-electron chi connectivity index (χ3n) is 0.595. The number of carbonyl (C=O) groups excluding carboxylic acids is 1. The molecule has 2 nitrogen and oxygen atoms in total. The van der Waals surface area contributed by atoms with E-state index in [0.29, 0.717) is 16.4 Å². The van der Waals surface area contributed by atoms with Crippen molar-refractivity contribution in [2.24, 2.45) is 0 Å². The van der Waals surface area contributed by atoms with Crippen molar-refractivity contribution in [3.63, 3.8) is 0 Å². The SMILES string of the molecule is O=Cc1nc(Cl)cs1. The van der Waals surface area contributed by atoms with Gasteiger partial charge in [0.1, 0.15) is 5.15 Å². The molecule has 0 unspecified atom stereocenters. The summed E-state index contributed by atoms with van der Waals surface area (Å²) in [5.41, 5.74) is 0. The molecule has 8 heavy (non-hydrogen) atoms. The van der Waals surface area contributed by atoms with Crippen molar-refractivity contribution in [2.75, 3.05) is 0 Å². The van der Waals surface area contributed by atoms with E-state index >= 15 is 0 Å². The molecule has 0 radical (unpaired) electrons. The molecule has 0 N–H and O–H groups in total. The lowest BCUT2D eigenvalue weighted by Crippen LogP contribution is -1.71. The van der Waals surface area contributed by atoms with Crippen molar-refractivity contribution < 1.29 is 4.79 Å². The van der Waals surface area contributed by atoms with E-state index in [1.165, 1.54) is 11.3 Å². The van der Waals surface area contributed by atoms with E-state index in [0.717, 1.165) is 0 Å². The van der Waals surface area contributed by atoms with Gasteiger partial charge < -0.3 is 0 Å². The van der Waals surface area contributed by atoms with E-state index < -0.39 is 0 Å². The highest BCUT2D eigenvalue weighted by atomic mass is 35.5. The van der Waals surface area contributed by atoms with Gasteiger partial charge in [-0.25, -0.2) is 4.98 Å². The molecule has 0 spiro atoms. The van der Waals surface area contributed by atoms with Crippen molar-refractivity contribution in [2.45, 2.75) is 0 Å². The third kappa shape index (κ3) is 1.05. The van der Waals surface area contributed by atoms with Gasteiger partial charge in [-0.05, 0) is 0 Å². The number of halogens is 1. The molecule has 1 heterocycles. The highest BCUT2D eigenvalue weighted by molar-refractivity contribution is 7.11. The first-order valence-corrected chi connectivity index (χ1v) is 3.15. The van der Waals surface area contributed by atoms with Crippen LogP contribution in [-0.4, -0.2) is 11.3 Å². The molecule has 0 bridgehead atoms. The van der Waals surface area contributed by atoms with Crippen molar-refractivity contribution >= 4 is 29.2 Å². The van der Waals surface area contributed by atoms with Crippen LogP contribution in [0.4, 0.5) is 0 Å². The summed E-state index contributed by atoms with van der Waals surface area (Å²) in [7, 11) is 0. The summed E-state index contributed by atoms with van der Waals surface area (Å²) >= 11 is 6.62. The zero-order valence-electron chi connectivity index (χ0n) is 3.80. The summed E-state index contributed by atoms with van der Waals surface area (Å²) in [6.07, 6.45) is 0.677. The molecule has 0 aromatic carbocycles. The molecule has 1 aromatic heterocycles. The van der Waals surface area contributed by atoms with Crippen molar-refractivity contribution in [1.82, 2.24) is 4.98 Å². The normalized spacial score (nSPS) is 9.12. The fourth-order valence-corrected chi connectivity index (χ4v) is 1.07. The number of hydrogen-bond donors (Lipinski definition) is 0. The molecule has 1 rings (SSSR count). The van der Waals surface area contributed by atoms with Crippen LogP contribution >= 0.6 is 22.9 Å². The van der Waals surface area contributed by atoms with E-state index in [1.807, 2.05) is 0 Å². The summed E-state index contributed by atoms with van der Waals surface area (Å²) in [5.74, 6) is 0. The molecular weight excluding hydrogens is 146 g/mol. The van der Waals surface area contributed by atoms with Gasteiger partial charge in [-0.1, -0.05) is 11.6 Å². The van der Waals surface area contributed by atoms with Crippen LogP contribution in [0, 0.1) is 0 Å². The Balaban J connectivity index is 3.00. The fourth-order valence-electron chi connectivity index (χ4n) is 0.321. The van der Waals surface area contributed by atoms with E-state index in [-0.39, 0.29) is 0 Å². The third-order valence-corrected chi connectivity index (χ3v) is 1.69. The molecular formula is C4H2ClNOS. The van der Waals surface area contributed by atoms with Gasteiger partial charge in [0, 0.05) is 5.38 Å². The Labute approximate surface area is 55.1 Å². The van der Waals surface area contributed by atoms with Crippen molar-refractivity contribution in [3.8, 4) is 0 Å². The number of aldehydes is 1.